The van der Waals surface area contributed by atoms with Crippen LogP contribution in [0.4, 0.5) is 27.9 Å². The van der Waals surface area contributed by atoms with Crippen molar-refractivity contribution in [3.05, 3.63) is 56.3 Å². The third kappa shape index (κ3) is 3.89. The predicted molar refractivity (Wildman–Crippen MR) is 85.7 cm³/mol. The van der Waals surface area contributed by atoms with Crippen molar-refractivity contribution in [2.24, 2.45) is 5.10 Å². The molecule has 2 aromatic rings. The molecule has 0 saturated heterocycles. The monoisotopic (exact) mass is 374 g/mol. The molecule has 0 fully saturated rings. The number of hydrogen-bond donors (Lipinski definition) is 2. The minimum Gasteiger partial charge on any atom is -0.291 e. The van der Waals surface area contributed by atoms with E-state index in [1.54, 1.807) is 6.92 Å². The second kappa shape index (κ2) is 8.07. The normalized spacial score (nSPS) is 11.3. The maximum atomic E-state index is 13.5. The highest BCUT2D eigenvalue weighted by atomic mass is 19.2. The number of H-pyrrole nitrogens is 1. The summed E-state index contributed by atoms with van der Waals surface area (Å²) in [5.74, 6) is -10.6. The van der Waals surface area contributed by atoms with E-state index < -0.39 is 40.2 Å². The summed E-state index contributed by atoms with van der Waals surface area (Å²) in [5.41, 5.74) is 1.52. The molecular formula is C16H15F5N4O. The highest BCUT2D eigenvalue weighted by Crippen LogP contribution is 2.21. The zero-order valence-electron chi connectivity index (χ0n) is 13.9. The number of nitrogens with one attached hydrogen (secondary N) is 2. The molecule has 1 heterocycles. The SMILES string of the molecule is CCCCc1c(C)nc(NN=Cc2c(F)c(F)c(F)c(F)c2F)[nH]c1=O. The molecule has 0 atom stereocenters. The van der Waals surface area contributed by atoms with Crippen LogP contribution in [0.3, 0.4) is 0 Å². The lowest BCUT2D eigenvalue weighted by Gasteiger charge is -2.06. The maximum absolute atomic E-state index is 13.5. The van der Waals surface area contributed by atoms with Crippen LogP contribution >= 0.6 is 0 Å². The van der Waals surface area contributed by atoms with E-state index in [1.807, 2.05) is 6.92 Å². The van der Waals surface area contributed by atoms with Crippen molar-refractivity contribution in [1.29, 1.82) is 0 Å². The number of aryl methyl sites for hydroxylation is 1. The van der Waals surface area contributed by atoms with Gasteiger partial charge in [-0.3, -0.25) is 9.78 Å². The van der Waals surface area contributed by atoms with Crippen molar-refractivity contribution in [3.8, 4) is 0 Å². The molecule has 26 heavy (non-hydrogen) atoms. The lowest BCUT2D eigenvalue weighted by molar-refractivity contribution is 0.377. The van der Waals surface area contributed by atoms with Gasteiger partial charge in [-0.25, -0.2) is 32.4 Å². The third-order valence-corrected chi connectivity index (χ3v) is 3.61. The van der Waals surface area contributed by atoms with Gasteiger partial charge in [0.15, 0.2) is 23.3 Å². The van der Waals surface area contributed by atoms with Gasteiger partial charge in [-0.15, -0.1) is 0 Å². The van der Waals surface area contributed by atoms with Gasteiger partial charge in [0.05, 0.1) is 11.8 Å². The number of rotatable bonds is 6. The minimum atomic E-state index is -2.26. The van der Waals surface area contributed by atoms with Gasteiger partial charge in [0.2, 0.25) is 11.8 Å². The molecule has 0 aliphatic heterocycles. The van der Waals surface area contributed by atoms with E-state index >= 15 is 0 Å². The first-order valence-corrected chi connectivity index (χ1v) is 7.68. The Morgan fingerprint density at radius 2 is 1.65 bits per heavy atom. The lowest BCUT2D eigenvalue weighted by atomic mass is 10.1. The summed E-state index contributed by atoms with van der Waals surface area (Å²) in [6.45, 7) is 3.58. The van der Waals surface area contributed by atoms with Crippen LogP contribution in [0, 0.1) is 36.0 Å². The zero-order valence-corrected chi connectivity index (χ0v) is 13.9. The van der Waals surface area contributed by atoms with Crippen LogP contribution in [-0.4, -0.2) is 16.2 Å². The molecule has 1 aromatic heterocycles. The molecular weight excluding hydrogens is 359 g/mol. The number of benzene rings is 1. The van der Waals surface area contributed by atoms with Crippen molar-refractivity contribution in [1.82, 2.24) is 9.97 Å². The zero-order chi connectivity index (χ0) is 19.4. The molecule has 0 unspecified atom stereocenters. The summed E-state index contributed by atoms with van der Waals surface area (Å²) in [4.78, 5) is 18.4. The van der Waals surface area contributed by atoms with Gasteiger partial charge in [-0.05, 0) is 19.8 Å². The fourth-order valence-electron chi connectivity index (χ4n) is 2.20. The molecule has 10 heteroatoms. The third-order valence-electron chi connectivity index (χ3n) is 3.61. The first-order chi connectivity index (χ1) is 12.3. The number of aromatic amines is 1. The van der Waals surface area contributed by atoms with E-state index in [0.29, 0.717) is 23.9 Å². The summed E-state index contributed by atoms with van der Waals surface area (Å²) in [6, 6.07) is 0. The molecule has 0 spiro atoms. The number of nitrogens with zero attached hydrogens (tertiary/aromatic N) is 2. The van der Waals surface area contributed by atoms with Gasteiger partial charge in [-0.2, -0.15) is 5.10 Å². The minimum absolute atomic E-state index is 0.132. The number of halogens is 5. The second-order valence-electron chi connectivity index (χ2n) is 5.44. The van der Waals surface area contributed by atoms with Crippen LogP contribution in [0.15, 0.2) is 9.90 Å². The average Bonchev–Trinajstić information content (AvgIpc) is 2.60. The Morgan fingerprint density at radius 1 is 1.08 bits per heavy atom. The van der Waals surface area contributed by atoms with Crippen LogP contribution < -0.4 is 11.0 Å². The van der Waals surface area contributed by atoms with E-state index in [1.165, 1.54) is 0 Å². The van der Waals surface area contributed by atoms with Gasteiger partial charge in [0.1, 0.15) is 0 Å². The van der Waals surface area contributed by atoms with Gasteiger partial charge in [0, 0.05) is 11.3 Å². The summed E-state index contributed by atoms with van der Waals surface area (Å²) in [5, 5.41) is 3.38. The Hall–Kier alpha value is -2.78. The predicted octanol–water partition coefficient (Wildman–Crippen LogP) is 3.56. The van der Waals surface area contributed by atoms with Gasteiger partial charge >= 0.3 is 0 Å². The molecule has 0 saturated carbocycles. The topological polar surface area (TPSA) is 70.1 Å². The van der Waals surface area contributed by atoms with Crippen LogP contribution in [0.2, 0.25) is 0 Å². The second-order valence-corrected chi connectivity index (χ2v) is 5.44. The van der Waals surface area contributed by atoms with Crippen molar-refractivity contribution >= 4 is 12.2 Å². The van der Waals surface area contributed by atoms with E-state index in [2.05, 4.69) is 20.5 Å². The van der Waals surface area contributed by atoms with Crippen molar-refractivity contribution in [3.63, 3.8) is 0 Å². The first-order valence-electron chi connectivity index (χ1n) is 7.68. The number of hydrogen-bond acceptors (Lipinski definition) is 4. The van der Waals surface area contributed by atoms with E-state index in [0.717, 1.165) is 12.8 Å². The lowest BCUT2D eigenvalue weighted by Crippen LogP contribution is -2.18. The summed E-state index contributed by atoms with van der Waals surface area (Å²) in [6.07, 6.45) is 2.65. The quantitative estimate of drug-likeness (QED) is 0.267. The molecule has 140 valence electrons. The standard InChI is InChI=1S/C16H15F5N4O/c1-3-4-5-8-7(2)23-16(24-15(8)26)25-22-6-9-10(17)12(19)14(21)13(20)11(9)18/h6H,3-5H2,1-2H3,(H2,23,24,25,26). The van der Waals surface area contributed by atoms with E-state index in [9.17, 15) is 26.7 Å². The fraction of sp³-hybridized carbons (Fsp3) is 0.312. The van der Waals surface area contributed by atoms with E-state index in [4.69, 9.17) is 0 Å². The van der Waals surface area contributed by atoms with Gasteiger partial charge in [0.25, 0.3) is 5.56 Å². The smallest absolute Gasteiger partial charge is 0.255 e. The molecule has 0 aliphatic rings. The molecule has 1 aromatic carbocycles. The molecule has 0 amide bonds. The largest absolute Gasteiger partial charge is 0.291 e. The molecule has 0 bridgehead atoms. The molecule has 2 rings (SSSR count). The van der Waals surface area contributed by atoms with Crippen LogP contribution in [0.25, 0.3) is 0 Å². The van der Waals surface area contributed by atoms with Gasteiger partial charge < -0.3 is 0 Å². The van der Waals surface area contributed by atoms with Crippen molar-refractivity contribution in [2.75, 3.05) is 5.43 Å². The van der Waals surface area contributed by atoms with Crippen molar-refractivity contribution < 1.29 is 22.0 Å². The number of aromatic nitrogens is 2. The van der Waals surface area contributed by atoms with Gasteiger partial charge in [-0.1, -0.05) is 13.3 Å². The summed E-state index contributed by atoms with van der Waals surface area (Å²) >= 11 is 0. The molecule has 0 aliphatic carbocycles. The maximum Gasteiger partial charge on any atom is 0.255 e. The highest BCUT2D eigenvalue weighted by Gasteiger charge is 2.24. The van der Waals surface area contributed by atoms with Crippen molar-refractivity contribution in [2.45, 2.75) is 33.1 Å². The van der Waals surface area contributed by atoms with Crippen LogP contribution in [0.5, 0.6) is 0 Å². The molecule has 5 nitrogen and oxygen atoms in total. The number of unbranched alkanes of at least 4 members (excludes halogenated alkanes) is 1. The van der Waals surface area contributed by atoms with Crippen LogP contribution in [0.1, 0.15) is 36.6 Å². The average molecular weight is 374 g/mol. The summed E-state index contributed by atoms with van der Waals surface area (Å²) in [7, 11) is 0. The number of anilines is 1. The molecule has 0 radical (unpaired) electrons. The van der Waals surface area contributed by atoms with E-state index in [-0.39, 0.29) is 5.95 Å². The fourth-order valence-corrected chi connectivity index (χ4v) is 2.20. The highest BCUT2D eigenvalue weighted by molar-refractivity contribution is 5.81. The summed E-state index contributed by atoms with van der Waals surface area (Å²) < 4.78 is 66.2. The molecule has 2 N–H and O–H groups in total. The first kappa shape index (κ1) is 19.5. The Morgan fingerprint density at radius 3 is 2.19 bits per heavy atom. The Balaban J connectivity index is 2.26. The Kier molecular flexibility index (Phi) is 6.06. The van der Waals surface area contributed by atoms with Crippen LogP contribution in [-0.2, 0) is 6.42 Å². The Bertz CT molecular complexity index is 881. The number of hydrazone groups is 1. The Labute approximate surface area is 145 Å².